The molecule has 2 aliphatic heterocycles. The van der Waals surface area contributed by atoms with Crippen molar-refractivity contribution in [3.05, 3.63) is 64.0 Å². The van der Waals surface area contributed by atoms with E-state index < -0.39 is 12.1 Å². The molecule has 2 saturated heterocycles. The number of hydrogen-bond acceptors (Lipinski definition) is 5. The van der Waals surface area contributed by atoms with Crippen LogP contribution >= 0.6 is 22.9 Å². The van der Waals surface area contributed by atoms with Crippen molar-refractivity contribution < 1.29 is 14.7 Å². The van der Waals surface area contributed by atoms with E-state index in [2.05, 4.69) is 16.7 Å². The van der Waals surface area contributed by atoms with E-state index in [9.17, 15) is 14.7 Å². The molecule has 3 aromatic rings. The Morgan fingerprint density at radius 3 is 2.71 bits per heavy atom. The third-order valence-corrected chi connectivity index (χ3v) is 7.74. The Labute approximate surface area is 188 Å². The van der Waals surface area contributed by atoms with Gasteiger partial charge in [0.2, 0.25) is 11.8 Å². The number of nitrogens with one attached hydrogen (secondary N) is 2. The lowest BCUT2D eigenvalue weighted by atomic mass is 10.0. The Kier molecular flexibility index (Phi) is 5.33. The molecule has 0 bridgehead atoms. The van der Waals surface area contributed by atoms with Crippen LogP contribution in [-0.4, -0.2) is 46.5 Å². The van der Waals surface area contributed by atoms with Crippen LogP contribution in [-0.2, 0) is 22.6 Å². The number of benzene rings is 2. The standard InChI is InChI=1S/C23H22ClN3O3S/c24-21-16-3-1-2-4-19(16)31-20(21)11-25-14-10-18-22(29)26-17(23(30)27(18)12-14)9-13-5-7-15(28)8-6-13/h1-8,14,17-18,25,28H,9-12H2,(H,26,29)/t14-,17+,18-/m0/s1. The van der Waals surface area contributed by atoms with E-state index >= 15 is 0 Å². The summed E-state index contributed by atoms with van der Waals surface area (Å²) < 4.78 is 1.15. The van der Waals surface area contributed by atoms with Gasteiger partial charge < -0.3 is 20.6 Å². The topological polar surface area (TPSA) is 81.7 Å². The normalized spacial score (nSPS) is 23.3. The van der Waals surface area contributed by atoms with Crippen molar-refractivity contribution in [3.63, 3.8) is 0 Å². The number of thiophene rings is 1. The monoisotopic (exact) mass is 455 g/mol. The number of fused-ring (bicyclic) bond motifs is 2. The molecule has 0 saturated carbocycles. The SMILES string of the molecule is O=C1N[C@H](Cc2ccc(O)cc2)C(=O)N2C[C@@H](NCc3sc4ccccc4c3Cl)C[C@@H]12. The van der Waals surface area contributed by atoms with Crippen LogP contribution in [0, 0.1) is 0 Å². The van der Waals surface area contributed by atoms with Crippen molar-refractivity contribution in [2.45, 2.75) is 37.5 Å². The summed E-state index contributed by atoms with van der Waals surface area (Å²) >= 11 is 8.21. The number of nitrogens with zero attached hydrogens (tertiary/aromatic N) is 1. The molecule has 0 unspecified atom stereocenters. The minimum Gasteiger partial charge on any atom is -0.508 e. The number of halogens is 1. The van der Waals surface area contributed by atoms with Crippen molar-refractivity contribution >= 4 is 44.8 Å². The van der Waals surface area contributed by atoms with E-state index in [1.54, 1.807) is 40.5 Å². The Morgan fingerprint density at radius 2 is 1.94 bits per heavy atom. The van der Waals surface area contributed by atoms with Crippen LogP contribution in [0.4, 0.5) is 0 Å². The molecular weight excluding hydrogens is 434 g/mol. The number of aromatic hydroxyl groups is 1. The van der Waals surface area contributed by atoms with E-state index in [-0.39, 0.29) is 23.6 Å². The molecule has 1 aromatic heterocycles. The Morgan fingerprint density at radius 1 is 1.16 bits per heavy atom. The second-order valence-corrected chi connectivity index (χ2v) is 9.60. The largest absolute Gasteiger partial charge is 0.508 e. The van der Waals surface area contributed by atoms with Crippen molar-refractivity contribution in [2.24, 2.45) is 0 Å². The first-order chi connectivity index (χ1) is 15.0. The summed E-state index contributed by atoms with van der Waals surface area (Å²) in [5, 5.41) is 17.6. The molecule has 8 heteroatoms. The van der Waals surface area contributed by atoms with Crippen LogP contribution < -0.4 is 10.6 Å². The van der Waals surface area contributed by atoms with Gasteiger partial charge in [0.1, 0.15) is 17.8 Å². The van der Waals surface area contributed by atoms with Crippen LogP contribution in [0.1, 0.15) is 16.9 Å². The third-order valence-electron chi connectivity index (χ3n) is 6.03. The molecule has 2 amide bonds. The lowest BCUT2D eigenvalue weighted by Crippen LogP contribution is -2.61. The second kappa shape index (κ2) is 8.15. The third kappa shape index (κ3) is 3.89. The van der Waals surface area contributed by atoms with Crippen molar-refractivity contribution in [1.29, 1.82) is 0 Å². The maximum atomic E-state index is 13.0. The summed E-state index contributed by atoms with van der Waals surface area (Å²) in [5.41, 5.74) is 0.892. The minimum absolute atomic E-state index is 0.0356. The predicted molar refractivity (Wildman–Crippen MR) is 121 cm³/mol. The number of phenolic OH excluding ortho intramolecular Hbond substituents is 1. The molecule has 0 radical (unpaired) electrons. The fourth-order valence-electron chi connectivity index (χ4n) is 4.43. The lowest BCUT2D eigenvalue weighted by molar-refractivity contribution is -0.147. The number of carbonyl (C=O) groups is 2. The molecule has 5 rings (SSSR count). The first-order valence-corrected chi connectivity index (χ1v) is 11.5. The van der Waals surface area contributed by atoms with Crippen LogP contribution in [0.3, 0.4) is 0 Å². The van der Waals surface area contributed by atoms with Gasteiger partial charge in [-0.15, -0.1) is 11.3 Å². The summed E-state index contributed by atoms with van der Waals surface area (Å²) in [5.74, 6) is 0.0180. The smallest absolute Gasteiger partial charge is 0.246 e. The molecule has 2 aliphatic rings. The van der Waals surface area contributed by atoms with Gasteiger partial charge in [-0.2, -0.15) is 0 Å². The maximum absolute atomic E-state index is 13.0. The molecule has 3 heterocycles. The summed E-state index contributed by atoms with van der Waals surface area (Å²) in [6.45, 7) is 1.11. The Balaban J connectivity index is 1.24. The van der Waals surface area contributed by atoms with Gasteiger partial charge in [0.25, 0.3) is 0 Å². The molecule has 3 atom stereocenters. The highest BCUT2D eigenvalue weighted by molar-refractivity contribution is 7.19. The summed E-state index contributed by atoms with van der Waals surface area (Å²) in [7, 11) is 0. The molecule has 160 valence electrons. The molecule has 0 spiro atoms. The van der Waals surface area contributed by atoms with E-state index in [4.69, 9.17) is 11.6 Å². The second-order valence-electron chi connectivity index (χ2n) is 8.09. The van der Waals surface area contributed by atoms with E-state index in [1.807, 2.05) is 18.2 Å². The number of hydrogen-bond donors (Lipinski definition) is 3. The molecule has 2 aromatic carbocycles. The van der Waals surface area contributed by atoms with Crippen LogP contribution in [0.2, 0.25) is 5.02 Å². The molecule has 31 heavy (non-hydrogen) atoms. The van der Waals surface area contributed by atoms with Crippen molar-refractivity contribution in [1.82, 2.24) is 15.5 Å². The summed E-state index contributed by atoms with van der Waals surface area (Å²) in [6.07, 6.45) is 0.996. The fourth-order valence-corrected chi connectivity index (χ4v) is 5.88. The predicted octanol–water partition coefficient (Wildman–Crippen LogP) is 3.06. The van der Waals surface area contributed by atoms with Crippen molar-refractivity contribution in [3.8, 4) is 5.75 Å². The van der Waals surface area contributed by atoms with Crippen LogP contribution in [0.5, 0.6) is 5.75 Å². The first-order valence-electron chi connectivity index (χ1n) is 10.3. The Bertz CT molecular complexity index is 1150. The highest BCUT2D eigenvalue weighted by atomic mass is 35.5. The number of rotatable bonds is 5. The van der Waals surface area contributed by atoms with Gasteiger partial charge in [-0.05, 0) is 30.2 Å². The number of phenols is 1. The van der Waals surface area contributed by atoms with Crippen molar-refractivity contribution in [2.75, 3.05) is 6.54 Å². The lowest BCUT2D eigenvalue weighted by Gasteiger charge is -2.34. The molecule has 6 nitrogen and oxygen atoms in total. The highest BCUT2D eigenvalue weighted by Crippen LogP contribution is 2.35. The number of carbonyl (C=O) groups excluding carboxylic acids is 2. The minimum atomic E-state index is -0.580. The van der Waals surface area contributed by atoms with Gasteiger partial charge in [-0.1, -0.05) is 41.9 Å². The van der Waals surface area contributed by atoms with Gasteiger partial charge in [0.15, 0.2) is 0 Å². The molecular formula is C23H22ClN3O3S. The first kappa shape index (κ1) is 20.3. The zero-order valence-electron chi connectivity index (χ0n) is 16.7. The summed E-state index contributed by atoms with van der Waals surface area (Å²) in [4.78, 5) is 28.5. The fraction of sp³-hybridized carbons (Fsp3) is 0.304. The van der Waals surface area contributed by atoms with Gasteiger partial charge in [0.05, 0.1) is 5.02 Å². The van der Waals surface area contributed by atoms with Crippen LogP contribution in [0.15, 0.2) is 48.5 Å². The average molecular weight is 456 g/mol. The van der Waals surface area contributed by atoms with Crippen LogP contribution in [0.25, 0.3) is 10.1 Å². The van der Waals surface area contributed by atoms with E-state index in [0.717, 1.165) is 25.5 Å². The average Bonchev–Trinajstić information content (AvgIpc) is 3.34. The number of amides is 2. The summed E-state index contributed by atoms with van der Waals surface area (Å²) in [6, 6.07) is 13.8. The maximum Gasteiger partial charge on any atom is 0.246 e. The molecule has 0 aliphatic carbocycles. The zero-order chi connectivity index (χ0) is 21.5. The van der Waals surface area contributed by atoms with Gasteiger partial charge in [-0.25, -0.2) is 0 Å². The van der Waals surface area contributed by atoms with Gasteiger partial charge >= 0.3 is 0 Å². The molecule has 3 N–H and O–H groups in total. The molecule has 2 fully saturated rings. The number of piperazine rings is 1. The van der Waals surface area contributed by atoms with E-state index in [1.165, 1.54) is 0 Å². The van der Waals surface area contributed by atoms with E-state index in [0.29, 0.717) is 25.9 Å². The van der Waals surface area contributed by atoms with Gasteiger partial charge in [0, 0.05) is 40.5 Å². The van der Waals surface area contributed by atoms with Gasteiger partial charge in [-0.3, -0.25) is 9.59 Å². The zero-order valence-corrected chi connectivity index (χ0v) is 18.2. The Hall–Kier alpha value is -2.61. The highest BCUT2D eigenvalue weighted by Gasteiger charge is 2.46. The quantitative estimate of drug-likeness (QED) is 0.552.